The Morgan fingerprint density at radius 3 is 2.26 bits per heavy atom. The smallest absolute Gasteiger partial charge is 0.350 e. The van der Waals surface area contributed by atoms with Crippen molar-refractivity contribution in [1.29, 1.82) is 0 Å². The Morgan fingerprint density at radius 1 is 1.03 bits per heavy atom. The van der Waals surface area contributed by atoms with E-state index in [-0.39, 0.29) is 21.3 Å². The quantitative estimate of drug-likeness (QED) is 0.254. The lowest BCUT2D eigenvalue weighted by molar-refractivity contribution is -0.132. The number of aliphatic hydroxyl groups excluding tert-OH is 1. The number of aryl methyl sites for hydroxylation is 2. The number of Topliss-reactive ketones (excluding diaryl/α,β-unsaturated/α-hetero) is 1. The van der Waals surface area contributed by atoms with Crippen LogP contribution in [0, 0.1) is 13.8 Å². The number of benzene rings is 2. The van der Waals surface area contributed by atoms with Crippen LogP contribution in [0.5, 0.6) is 5.75 Å². The summed E-state index contributed by atoms with van der Waals surface area (Å²) < 4.78 is 10.0. The number of aromatic nitrogens is 1. The molecule has 3 aromatic rings. The molecular weight excluding hydrogens is 456 g/mol. The van der Waals surface area contributed by atoms with E-state index in [0.717, 1.165) is 16.9 Å². The van der Waals surface area contributed by atoms with Gasteiger partial charge in [0, 0.05) is 5.56 Å². The van der Waals surface area contributed by atoms with Crippen LogP contribution < -0.4 is 9.64 Å². The molecule has 0 saturated carbocycles. The molecule has 9 heteroatoms. The van der Waals surface area contributed by atoms with Gasteiger partial charge in [0.1, 0.15) is 16.4 Å². The maximum Gasteiger partial charge on any atom is 0.350 e. The van der Waals surface area contributed by atoms with Gasteiger partial charge in [-0.1, -0.05) is 53.3 Å². The van der Waals surface area contributed by atoms with E-state index in [1.54, 1.807) is 55.5 Å². The highest BCUT2D eigenvalue weighted by atomic mass is 32.1. The van der Waals surface area contributed by atoms with Gasteiger partial charge in [-0.15, -0.1) is 0 Å². The lowest BCUT2D eigenvalue weighted by Gasteiger charge is -2.23. The zero-order valence-corrected chi connectivity index (χ0v) is 19.8. The molecule has 1 saturated heterocycles. The van der Waals surface area contributed by atoms with Crippen LogP contribution in [0.1, 0.15) is 38.1 Å². The minimum Gasteiger partial charge on any atom is -0.507 e. The molecule has 34 heavy (non-hydrogen) atoms. The number of thiazole rings is 1. The third kappa shape index (κ3) is 3.94. The third-order valence-corrected chi connectivity index (χ3v) is 6.70. The second kappa shape index (κ2) is 9.11. The summed E-state index contributed by atoms with van der Waals surface area (Å²) in [4.78, 5) is 44.4. The van der Waals surface area contributed by atoms with E-state index in [4.69, 9.17) is 9.47 Å². The van der Waals surface area contributed by atoms with Gasteiger partial charge in [0.25, 0.3) is 5.78 Å². The van der Waals surface area contributed by atoms with Crippen molar-refractivity contribution >= 4 is 39.9 Å². The molecule has 1 aromatic heterocycles. The molecule has 1 aliphatic heterocycles. The van der Waals surface area contributed by atoms with Crippen molar-refractivity contribution in [3.8, 4) is 5.75 Å². The van der Waals surface area contributed by atoms with Crippen molar-refractivity contribution in [1.82, 2.24) is 4.98 Å². The molecule has 1 N–H and O–H groups in total. The van der Waals surface area contributed by atoms with E-state index >= 15 is 0 Å². The van der Waals surface area contributed by atoms with E-state index in [0.29, 0.717) is 22.6 Å². The normalized spacial score (nSPS) is 17.2. The highest BCUT2D eigenvalue weighted by Gasteiger charge is 2.48. The third-order valence-electron chi connectivity index (χ3n) is 5.56. The van der Waals surface area contributed by atoms with E-state index in [1.807, 2.05) is 6.92 Å². The fourth-order valence-electron chi connectivity index (χ4n) is 3.77. The number of ether oxygens (including phenoxy) is 2. The average molecular weight is 479 g/mol. The first-order valence-electron chi connectivity index (χ1n) is 10.3. The van der Waals surface area contributed by atoms with Gasteiger partial charge in [-0.25, -0.2) is 9.78 Å². The zero-order valence-electron chi connectivity index (χ0n) is 19.0. The van der Waals surface area contributed by atoms with Gasteiger partial charge >= 0.3 is 11.9 Å². The van der Waals surface area contributed by atoms with E-state index < -0.39 is 23.7 Å². The SMILES string of the molecule is COC(=O)c1sc(N2C(=O)C(=O)/C(=C(/O)c3ccc(C)cc3)C2c2ccc(OC)cc2)nc1C. The van der Waals surface area contributed by atoms with Crippen LogP contribution in [0.4, 0.5) is 5.13 Å². The van der Waals surface area contributed by atoms with Crippen LogP contribution in [0.15, 0.2) is 54.1 Å². The molecule has 174 valence electrons. The number of amides is 1. The Hall–Kier alpha value is -3.98. The molecule has 1 aliphatic rings. The second-order valence-electron chi connectivity index (χ2n) is 7.71. The molecule has 2 aromatic carbocycles. The van der Waals surface area contributed by atoms with E-state index in [1.165, 1.54) is 19.1 Å². The highest BCUT2D eigenvalue weighted by molar-refractivity contribution is 7.17. The number of methoxy groups -OCH3 is 2. The number of anilines is 1. The Kier molecular flexibility index (Phi) is 6.21. The van der Waals surface area contributed by atoms with E-state index in [2.05, 4.69) is 4.98 Å². The number of hydrogen-bond donors (Lipinski definition) is 1. The first kappa shape index (κ1) is 23.2. The van der Waals surface area contributed by atoms with Crippen LogP contribution in [0.3, 0.4) is 0 Å². The Bertz CT molecular complexity index is 1310. The highest BCUT2D eigenvalue weighted by Crippen LogP contribution is 2.44. The van der Waals surface area contributed by atoms with Crippen LogP contribution in [-0.2, 0) is 14.3 Å². The van der Waals surface area contributed by atoms with Gasteiger partial charge in [-0.2, -0.15) is 0 Å². The van der Waals surface area contributed by atoms with Crippen LogP contribution in [0.25, 0.3) is 5.76 Å². The van der Waals surface area contributed by atoms with Crippen LogP contribution in [-0.4, -0.2) is 42.0 Å². The van der Waals surface area contributed by atoms with Gasteiger partial charge < -0.3 is 14.6 Å². The van der Waals surface area contributed by atoms with Crippen molar-refractivity contribution in [2.75, 3.05) is 19.1 Å². The van der Waals surface area contributed by atoms with Crippen molar-refractivity contribution in [2.24, 2.45) is 0 Å². The molecule has 1 atom stereocenters. The molecule has 1 fully saturated rings. The molecule has 8 nitrogen and oxygen atoms in total. The topological polar surface area (TPSA) is 106 Å². The van der Waals surface area contributed by atoms with Crippen molar-refractivity contribution in [2.45, 2.75) is 19.9 Å². The monoisotopic (exact) mass is 478 g/mol. The fraction of sp³-hybridized carbons (Fsp3) is 0.200. The van der Waals surface area contributed by atoms with Gasteiger partial charge in [0.2, 0.25) is 0 Å². The summed E-state index contributed by atoms with van der Waals surface area (Å²) in [5.41, 5.74) is 2.28. The summed E-state index contributed by atoms with van der Waals surface area (Å²) in [6.45, 7) is 3.53. The number of ketones is 1. The zero-order chi connectivity index (χ0) is 24.6. The summed E-state index contributed by atoms with van der Waals surface area (Å²) in [5.74, 6) is -1.97. The Morgan fingerprint density at radius 2 is 1.68 bits per heavy atom. The minimum atomic E-state index is -0.955. The first-order chi connectivity index (χ1) is 16.3. The molecule has 1 unspecified atom stereocenters. The number of aliphatic hydroxyl groups is 1. The number of carbonyl (C=O) groups excluding carboxylic acids is 3. The molecule has 0 bridgehead atoms. The Labute approximate surface area is 200 Å². The molecule has 4 rings (SSSR count). The molecular formula is C25H22N2O6S. The maximum absolute atomic E-state index is 13.2. The number of carbonyl (C=O) groups is 3. The summed E-state index contributed by atoms with van der Waals surface area (Å²) in [6.07, 6.45) is 0. The van der Waals surface area contributed by atoms with Crippen LogP contribution in [0.2, 0.25) is 0 Å². The average Bonchev–Trinajstić information content (AvgIpc) is 3.35. The second-order valence-corrected chi connectivity index (χ2v) is 8.69. The minimum absolute atomic E-state index is 0.0634. The van der Waals surface area contributed by atoms with E-state index in [9.17, 15) is 19.5 Å². The number of esters is 1. The fourth-order valence-corrected chi connectivity index (χ4v) is 4.78. The number of hydrogen-bond acceptors (Lipinski definition) is 8. The summed E-state index contributed by atoms with van der Waals surface area (Å²) in [5, 5.41) is 11.3. The predicted molar refractivity (Wildman–Crippen MR) is 127 cm³/mol. The lowest BCUT2D eigenvalue weighted by Crippen LogP contribution is -2.29. The van der Waals surface area contributed by atoms with Crippen molar-refractivity contribution < 1.29 is 29.0 Å². The van der Waals surface area contributed by atoms with Crippen molar-refractivity contribution in [3.63, 3.8) is 0 Å². The first-order valence-corrected chi connectivity index (χ1v) is 11.2. The predicted octanol–water partition coefficient (Wildman–Crippen LogP) is 4.18. The van der Waals surface area contributed by atoms with Crippen molar-refractivity contribution in [3.05, 3.63) is 81.4 Å². The van der Waals surface area contributed by atoms with Gasteiger partial charge in [-0.05, 0) is 31.5 Å². The molecule has 0 aliphatic carbocycles. The largest absolute Gasteiger partial charge is 0.507 e. The van der Waals surface area contributed by atoms with Gasteiger partial charge in [0.05, 0.1) is 31.5 Å². The molecule has 0 radical (unpaired) electrons. The standard InChI is InChI=1S/C25H22N2O6S/c1-13-5-7-16(8-6-13)20(28)18-19(15-9-11-17(32-3)12-10-15)27(23(30)21(18)29)25-26-14(2)22(34-25)24(31)33-4/h5-12,19,28H,1-4H3/b20-18+. The molecule has 0 spiro atoms. The summed E-state index contributed by atoms with van der Waals surface area (Å²) in [6, 6.07) is 12.9. The number of nitrogens with zero attached hydrogens (tertiary/aromatic N) is 2. The van der Waals surface area contributed by atoms with Gasteiger partial charge in [-0.3, -0.25) is 14.5 Å². The lowest BCUT2D eigenvalue weighted by atomic mass is 9.95. The molecule has 2 heterocycles. The van der Waals surface area contributed by atoms with Gasteiger partial charge in [0.15, 0.2) is 5.13 Å². The summed E-state index contributed by atoms with van der Waals surface area (Å²) >= 11 is 0.951. The maximum atomic E-state index is 13.2. The summed E-state index contributed by atoms with van der Waals surface area (Å²) in [7, 11) is 2.79. The van der Waals surface area contributed by atoms with Crippen LogP contribution >= 0.6 is 11.3 Å². The molecule has 1 amide bonds. The number of rotatable bonds is 5. The Balaban J connectivity index is 1.92.